The Morgan fingerprint density at radius 1 is 1.00 bits per heavy atom. The predicted octanol–water partition coefficient (Wildman–Crippen LogP) is 5.08. The van der Waals surface area contributed by atoms with Crippen LogP contribution in [0.1, 0.15) is 5.56 Å². The molecule has 3 aromatic rings. The highest BCUT2D eigenvalue weighted by Crippen LogP contribution is 2.28. The highest BCUT2D eigenvalue weighted by molar-refractivity contribution is 7.98. The van der Waals surface area contributed by atoms with Gasteiger partial charge in [-0.1, -0.05) is 71.4 Å². The lowest BCUT2D eigenvalue weighted by molar-refractivity contribution is 0.794. The van der Waals surface area contributed by atoms with E-state index in [2.05, 4.69) is 10.2 Å². The normalized spacial score (nSPS) is 10.9. The van der Waals surface area contributed by atoms with E-state index in [-0.39, 0.29) is 0 Å². The van der Waals surface area contributed by atoms with Gasteiger partial charge in [0.2, 0.25) is 0 Å². The third-order valence-electron chi connectivity index (χ3n) is 3.22. The molecule has 0 fully saturated rings. The molecule has 0 aliphatic rings. The van der Waals surface area contributed by atoms with Crippen molar-refractivity contribution in [1.82, 2.24) is 14.8 Å². The number of hydrogen-bond donors (Lipinski definition) is 0. The molecule has 0 spiro atoms. The molecule has 6 heteroatoms. The van der Waals surface area contributed by atoms with Crippen molar-refractivity contribution < 1.29 is 0 Å². The van der Waals surface area contributed by atoms with Crippen molar-refractivity contribution in [3.8, 4) is 11.4 Å². The number of hydrogen-bond acceptors (Lipinski definition) is 3. The zero-order valence-corrected chi connectivity index (χ0v) is 14.2. The fraction of sp³-hybridized carbons (Fsp3) is 0.125. The standard InChI is InChI=1S/C16H13Cl2N3S/c1-21-15(12-5-3-2-4-6-12)19-20-16(21)22-10-11-7-8-13(17)14(18)9-11/h2-9H,10H2,1H3. The molecular weight excluding hydrogens is 337 g/mol. The topological polar surface area (TPSA) is 30.7 Å². The van der Waals surface area contributed by atoms with Gasteiger partial charge in [0.1, 0.15) is 0 Å². The van der Waals surface area contributed by atoms with Gasteiger partial charge in [-0.05, 0) is 17.7 Å². The molecular formula is C16H13Cl2N3S. The summed E-state index contributed by atoms with van der Waals surface area (Å²) in [4.78, 5) is 0. The van der Waals surface area contributed by atoms with Crippen molar-refractivity contribution in [2.75, 3.05) is 0 Å². The number of benzene rings is 2. The lowest BCUT2D eigenvalue weighted by Gasteiger charge is -2.05. The zero-order chi connectivity index (χ0) is 15.5. The highest BCUT2D eigenvalue weighted by atomic mass is 35.5. The quantitative estimate of drug-likeness (QED) is 0.615. The van der Waals surface area contributed by atoms with Crippen molar-refractivity contribution in [1.29, 1.82) is 0 Å². The summed E-state index contributed by atoms with van der Waals surface area (Å²) in [7, 11) is 1.97. The molecule has 0 aliphatic heterocycles. The first-order chi connectivity index (χ1) is 10.6. The van der Waals surface area contributed by atoms with Gasteiger partial charge < -0.3 is 4.57 Å². The molecule has 1 heterocycles. The van der Waals surface area contributed by atoms with Gasteiger partial charge >= 0.3 is 0 Å². The molecule has 0 saturated carbocycles. The number of aromatic nitrogens is 3. The molecule has 0 N–H and O–H groups in total. The minimum Gasteiger partial charge on any atom is -0.305 e. The van der Waals surface area contributed by atoms with Gasteiger partial charge in [-0.25, -0.2) is 0 Å². The Morgan fingerprint density at radius 3 is 2.50 bits per heavy atom. The van der Waals surface area contributed by atoms with Crippen LogP contribution in [-0.4, -0.2) is 14.8 Å². The van der Waals surface area contributed by atoms with Crippen molar-refractivity contribution >= 4 is 35.0 Å². The molecule has 0 saturated heterocycles. The lowest BCUT2D eigenvalue weighted by Crippen LogP contribution is -1.95. The Labute approximate surface area is 143 Å². The summed E-state index contributed by atoms with van der Waals surface area (Å²) in [5.41, 5.74) is 2.16. The summed E-state index contributed by atoms with van der Waals surface area (Å²) in [5, 5.41) is 10.5. The molecule has 0 atom stereocenters. The van der Waals surface area contributed by atoms with Gasteiger partial charge in [-0.3, -0.25) is 0 Å². The third kappa shape index (κ3) is 3.29. The molecule has 0 radical (unpaired) electrons. The number of rotatable bonds is 4. The maximum Gasteiger partial charge on any atom is 0.191 e. The highest BCUT2D eigenvalue weighted by Gasteiger charge is 2.11. The molecule has 2 aromatic carbocycles. The summed E-state index contributed by atoms with van der Waals surface area (Å²) < 4.78 is 2.00. The van der Waals surface area contributed by atoms with Gasteiger partial charge in [-0.2, -0.15) is 0 Å². The maximum absolute atomic E-state index is 6.04. The van der Waals surface area contributed by atoms with Crippen molar-refractivity contribution in [2.45, 2.75) is 10.9 Å². The Morgan fingerprint density at radius 2 is 1.77 bits per heavy atom. The lowest BCUT2D eigenvalue weighted by atomic mass is 10.2. The average molecular weight is 350 g/mol. The summed E-state index contributed by atoms with van der Waals surface area (Å²) >= 11 is 13.6. The summed E-state index contributed by atoms with van der Waals surface area (Å²) in [5.74, 6) is 1.62. The van der Waals surface area contributed by atoms with Gasteiger partial charge in [0.25, 0.3) is 0 Å². The van der Waals surface area contributed by atoms with Gasteiger partial charge in [0.15, 0.2) is 11.0 Å². The second kappa shape index (κ2) is 6.73. The summed E-state index contributed by atoms with van der Waals surface area (Å²) in [6, 6.07) is 15.7. The van der Waals surface area contributed by atoms with Gasteiger partial charge in [0, 0.05) is 18.4 Å². The van der Waals surface area contributed by atoms with Crippen LogP contribution in [0, 0.1) is 0 Å². The number of thioether (sulfide) groups is 1. The second-order valence-electron chi connectivity index (χ2n) is 4.77. The zero-order valence-electron chi connectivity index (χ0n) is 11.8. The summed E-state index contributed by atoms with van der Waals surface area (Å²) in [6.45, 7) is 0. The molecule has 3 rings (SSSR count). The summed E-state index contributed by atoms with van der Waals surface area (Å²) in [6.07, 6.45) is 0. The second-order valence-corrected chi connectivity index (χ2v) is 6.53. The van der Waals surface area contributed by atoms with Crippen LogP contribution < -0.4 is 0 Å². The largest absolute Gasteiger partial charge is 0.305 e. The van der Waals surface area contributed by atoms with E-state index in [1.54, 1.807) is 11.8 Å². The van der Waals surface area contributed by atoms with Crippen LogP contribution in [0.5, 0.6) is 0 Å². The number of nitrogens with zero attached hydrogens (tertiary/aromatic N) is 3. The van der Waals surface area contributed by atoms with Gasteiger partial charge in [-0.15, -0.1) is 10.2 Å². The van der Waals surface area contributed by atoms with Crippen molar-refractivity contribution in [2.24, 2.45) is 7.05 Å². The fourth-order valence-corrected chi connectivity index (χ4v) is 3.23. The molecule has 112 valence electrons. The molecule has 0 aliphatic carbocycles. The smallest absolute Gasteiger partial charge is 0.191 e. The Balaban J connectivity index is 1.76. The first kappa shape index (κ1) is 15.4. The van der Waals surface area contributed by atoms with Crippen LogP contribution in [0.3, 0.4) is 0 Å². The van der Waals surface area contributed by atoms with Crippen LogP contribution >= 0.6 is 35.0 Å². The van der Waals surface area contributed by atoms with E-state index in [0.717, 1.165) is 27.9 Å². The van der Waals surface area contributed by atoms with Crippen LogP contribution in [0.25, 0.3) is 11.4 Å². The van der Waals surface area contributed by atoms with E-state index in [1.807, 2.05) is 60.1 Å². The Hall–Kier alpha value is -1.49. The first-order valence-corrected chi connectivity index (χ1v) is 8.41. The molecule has 3 nitrogen and oxygen atoms in total. The minimum atomic E-state index is 0.570. The van der Waals surface area contributed by atoms with Crippen LogP contribution in [0.4, 0.5) is 0 Å². The van der Waals surface area contributed by atoms with E-state index in [1.165, 1.54) is 0 Å². The fourth-order valence-electron chi connectivity index (χ4n) is 2.06. The SMILES string of the molecule is Cn1c(SCc2ccc(Cl)c(Cl)c2)nnc1-c1ccccc1. The predicted molar refractivity (Wildman–Crippen MR) is 92.5 cm³/mol. The van der Waals surface area contributed by atoms with Crippen molar-refractivity contribution in [3.63, 3.8) is 0 Å². The van der Waals surface area contributed by atoms with Crippen LogP contribution in [0.2, 0.25) is 10.0 Å². The van der Waals surface area contributed by atoms with Gasteiger partial charge in [0.05, 0.1) is 10.0 Å². The van der Waals surface area contributed by atoms with Crippen LogP contribution in [-0.2, 0) is 12.8 Å². The van der Waals surface area contributed by atoms with E-state index >= 15 is 0 Å². The Kier molecular flexibility index (Phi) is 4.71. The van der Waals surface area contributed by atoms with Crippen LogP contribution in [0.15, 0.2) is 53.7 Å². The van der Waals surface area contributed by atoms with E-state index in [0.29, 0.717) is 10.0 Å². The first-order valence-electron chi connectivity index (χ1n) is 6.66. The van der Waals surface area contributed by atoms with E-state index < -0.39 is 0 Å². The Bertz CT molecular complexity index is 787. The third-order valence-corrected chi connectivity index (χ3v) is 5.05. The molecule has 22 heavy (non-hydrogen) atoms. The van der Waals surface area contributed by atoms with E-state index in [9.17, 15) is 0 Å². The van der Waals surface area contributed by atoms with E-state index in [4.69, 9.17) is 23.2 Å². The molecule has 0 amide bonds. The minimum absolute atomic E-state index is 0.570. The molecule has 0 bridgehead atoms. The monoisotopic (exact) mass is 349 g/mol. The number of halogens is 2. The molecule has 0 unspecified atom stereocenters. The molecule has 1 aromatic heterocycles. The van der Waals surface area contributed by atoms with Crippen molar-refractivity contribution in [3.05, 3.63) is 64.1 Å². The maximum atomic E-state index is 6.04. The average Bonchev–Trinajstić information content (AvgIpc) is 2.90.